The van der Waals surface area contributed by atoms with E-state index in [-0.39, 0.29) is 11.3 Å². The average molecular weight is 2150 g/mol. The minimum Gasteiger partial charge on any atom is -0.502 e. The lowest BCUT2D eigenvalue weighted by Gasteiger charge is -2.10. The van der Waals surface area contributed by atoms with Gasteiger partial charge in [-0.05, 0) is 197 Å². The normalized spacial score (nSPS) is 11.1. The number of nitrogens with zero attached hydrogens (tertiary/aromatic N) is 1. The number of furan rings is 6. The van der Waals surface area contributed by atoms with Crippen molar-refractivity contribution in [1.29, 1.82) is 0 Å². The number of hydrogen-bond acceptors (Lipinski definition) is 25. The molecule has 18 rings (SSSR count). The molecule has 18 aromatic rings. The van der Waals surface area contributed by atoms with Gasteiger partial charge in [0.1, 0.15) is 0 Å². The third kappa shape index (κ3) is 20.0. The van der Waals surface area contributed by atoms with Gasteiger partial charge in [-0.25, -0.2) is 28.8 Å². The predicted octanol–water partition coefficient (Wildman–Crippen LogP) is 24.7. The second kappa shape index (κ2) is 42.5. The number of halogens is 8. The van der Waals surface area contributed by atoms with E-state index in [9.17, 15) is 33.9 Å². The lowest BCUT2D eigenvalue weighted by Crippen LogP contribution is -2.02. The predicted molar refractivity (Wildman–Crippen MR) is 488 cm³/mol. The Kier molecular flexibility index (Phi) is 32.2. The van der Waals surface area contributed by atoms with Gasteiger partial charge in [-0.3, -0.25) is 0 Å². The number of methoxy groups -OCH3 is 2. The SMILES string of the molecule is BrCCCBr.C=NCCCOc1c2occc2c(Br)c2ccc(=O)oc12.CC.COc1c2occc2c(Br)c2ccc(=O)oc12.COc1c2occc2cc2ccc(=O)oc12.CPCCCOc1c2occc2c(Br)c2ccc(=O)oc12.O=c1ccc2c(Br)c3ccoc3c(O)c2o1.O=c1ccc2c(Br)c3ccoc3c(OCCCBr)c2o1. The van der Waals surface area contributed by atoms with E-state index in [1.165, 1.54) is 63.3 Å². The highest BCUT2D eigenvalue weighted by Gasteiger charge is 2.24. The number of phenolic OH excluding ortho intramolecular Hbond substituents is 1. The monoisotopic (exact) mass is 2140 g/mol. The van der Waals surface area contributed by atoms with Crippen LogP contribution in [0.25, 0.3) is 132 Å². The summed E-state index contributed by atoms with van der Waals surface area (Å²) in [7, 11) is 3.93. The molecule has 0 aliphatic carbocycles. The summed E-state index contributed by atoms with van der Waals surface area (Å²) in [6.45, 7) is 11.7. The van der Waals surface area contributed by atoms with Gasteiger partial charge in [0.2, 0.25) is 34.5 Å². The lowest BCUT2D eigenvalue weighted by molar-refractivity contribution is 0.310. The largest absolute Gasteiger partial charge is 0.502 e. The summed E-state index contributed by atoms with van der Waals surface area (Å²) in [6, 6.07) is 31.2. The molecule has 118 heavy (non-hydrogen) atoms. The highest BCUT2D eigenvalue weighted by Crippen LogP contribution is 2.46. The van der Waals surface area contributed by atoms with Crippen LogP contribution in [0.1, 0.15) is 39.5 Å². The fraction of sp³-hybridized carbons (Fsp3) is 0.202. The Morgan fingerprint density at radius 1 is 0.347 bits per heavy atom. The van der Waals surface area contributed by atoms with Crippen LogP contribution in [0.15, 0.2) is 262 Å². The summed E-state index contributed by atoms with van der Waals surface area (Å²) < 4.78 is 95.4. The smallest absolute Gasteiger partial charge is 0.336 e. The van der Waals surface area contributed by atoms with Crippen LogP contribution in [-0.4, -0.2) is 81.2 Å². The molecular weight excluding hydrogens is 2080 g/mol. The molecule has 1 N–H and O–H groups in total. The second-order valence-electron chi connectivity index (χ2n) is 24.2. The first-order valence-electron chi connectivity index (χ1n) is 35.7. The quantitative estimate of drug-likeness (QED) is 0.0274. The highest BCUT2D eigenvalue weighted by atomic mass is 79.9. The Morgan fingerprint density at radius 2 is 0.636 bits per heavy atom. The molecule has 1 unspecified atom stereocenters. The topological polar surface area (TPSA) is 339 Å². The van der Waals surface area contributed by atoms with Crippen molar-refractivity contribution in [3.63, 3.8) is 0 Å². The summed E-state index contributed by atoms with van der Waals surface area (Å²) in [5, 5.41) is 22.7. The van der Waals surface area contributed by atoms with Gasteiger partial charge in [0.15, 0.2) is 67.0 Å². The summed E-state index contributed by atoms with van der Waals surface area (Å²) in [6.07, 6.45) is 14.2. The summed E-state index contributed by atoms with van der Waals surface area (Å²) >= 11 is 27.3. The van der Waals surface area contributed by atoms with Gasteiger partial charge in [-0.1, -0.05) is 61.6 Å². The molecule has 6 aromatic carbocycles. The molecule has 0 radical (unpaired) electrons. The maximum absolute atomic E-state index is 11.5. The molecule has 1 atom stereocenters. The fourth-order valence-corrected chi connectivity index (χ4v) is 16.9. The second-order valence-corrected chi connectivity index (χ2v) is 31.8. The molecule has 0 bridgehead atoms. The van der Waals surface area contributed by atoms with E-state index >= 15 is 0 Å². The minimum atomic E-state index is -0.513. The molecular formula is C84H68Br8NO24P. The molecule has 12 heterocycles. The molecule has 614 valence electrons. The molecule has 0 saturated heterocycles. The number of hydrogen-bond donors (Lipinski definition) is 1. The van der Waals surface area contributed by atoms with E-state index in [1.807, 2.05) is 50.2 Å². The van der Waals surface area contributed by atoms with Crippen LogP contribution in [-0.2, 0) is 0 Å². The molecule has 0 amide bonds. The number of alkyl halides is 3. The van der Waals surface area contributed by atoms with Crippen LogP contribution in [0.4, 0.5) is 0 Å². The van der Waals surface area contributed by atoms with E-state index in [0.717, 1.165) is 132 Å². The van der Waals surface area contributed by atoms with Crippen LogP contribution in [0.3, 0.4) is 0 Å². The Morgan fingerprint density at radius 3 is 1.01 bits per heavy atom. The van der Waals surface area contributed by atoms with Crippen molar-refractivity contribution in [3.05, 3.63) is 238 Å². The number of benzene rings is 6. The number of rotatable bonds is 18. The van der Waals surface area contributed by atoms with Crippen molar-refractivity contribution in [3.8, 4) is 34.5 Å². The van der Waals surface area contributed by atoms with Gasteiger partial charge < -0.3 is 86.8 Å². The number of aromatic hydroxyl groups is 1. The van der Waals surface area contributed by atoms with Crippen molar-refractivity contribution >= 4 is 274 Å². The van der Waals surface area contributed by atoms with Gasteiger partial charge >= 0.3 is 33.8 Å². The zero-order valence-electron chi connectivity index (χ0n) is 62.9. The molecule has 0 aliphatic rings. The molecule has 0 saturated carbocycles. The fourth-order valence-electron chi connectivity index (χ4n) is 11.8. The van der Waals surface area contributed by atoms with E-state index in [0.29, 0.717) is 122 Å². The Bertz CT molecular complexity index is 6960. The van der Waals surface area contributed by atoms with E-state index in [2.05, 4.69) is 146 Å². The van der Waals surface area contributed by atoms with Crippen LogP contribution < -0.4 is 57.4 Å². The zero-order valence-corrected chi connectivity index (χ0v) is 76.6. The first-order valence-corrected chi connectivity index (χ1v) is 44.8. The number of ether oxygens (including phenoxy) is 5. The summed E-state index contributed by atoms with van der Waals surface area (Å²) in [5.74, 6) is 2.15. The first-order chi connectivity index (χ1) is 57.3. The third-order valence-corrected chi connectivity index (χ3v) is 23.8. The standard InChI is InChI=1S/C15H12BrNO4.C15H14BrO4P.C14H10Br2O4.C12H7BrO4.C12H8O4.C11H5BrO4.C3H6Br2.C2H6/c1-17-6-2-7-19-15-13-10(5-8-20-13)12(16)9-3-4-11(18)21-14(9)15;1-21-8-2-6-18-15-13-10(5-7-19-13)12(16)9-3-4-11(17)20-14(9)15;15-5-1-6-18-14-12-9(4-7-19-12)11(16)8-2-3-10(17)20-13(8)14;1-15-12-10-7(4-5-16-10)9(13)6-2-3-8(14)17-11(6)12;1-14-12-10-8(4-5-15-10)6-7-2-3-9(13)16-11(7)12;12-8-5-1-2-7(13)16-11(5)9(14)10-6(8)3-4-15-10;4-2-1-3-5;1-2/h3-5,8H,1-2,6-7H2;3-5,7,21H,2,6,8H2,1H3;2-4,7H,1,5-6H2;2-5H,1H3;2-6H,1H3;1-4,14H;1-3H2;1-2H3. The zero-order chi connectivity index (χ0) is 84.3. The molecule has 25 nitrogen and oxygen atoms in total. The summed E-state index contributed by atoms with van der Waals surface area (Å²) in [4.78, 5) is 71.8. The van der Waals surface area contributed by atoms with Crippen LogP contribution in [0.2, 0.25) is 0 Å². The van der Waals surface area contributed by atoms with Crippen molar-refractivity contribution in [2.45, 2.75) is 39.5 Å². The highest BCUT2D eigenvalue weighted by molar-refractivity contribution is 9.11. The van der Waals surface area contributed by atoms with Crippen LogP contribution in [0, 0.1) is 0 Å². The molecule has 34 heteroatoms. The first kappa shape index (κ1) is 89.4. The van der Waals surface area contributed by atoms with Crippen molar-refractivity contribution in [2.24, 2.45) is 4.99 Å². The van der Waals surface area contributed by atoms with Crippen molar-refractivity contribution in [1.82, 2.24) is 0 Å². The number of fused-ring (bicyclic) bond motifs is 12. The van der Waals surface area contributed by atoms with E-state index in [4.69, 9.17) is 76.7 Å². The van der Waals surface area contributed by atoms with Gasteiger partial charge in [0.25, 0.3) is 0 Å². The van der Waals surface area contributed by atoms with Crippen LogP contribution in [0.5, 0.6) is 34.5 Å². The Balaban J connectivity index is 0.000000137. The van der Waals surface area contributed by atoms with E-state index in [1.54, 1.807) is 73.8 Å². The van der Waals surface area contributed by atoms with Gasteiger partial charge in [-0.2, -0.15) is 0 Å². The van der Waals surface area contributed by atoms with Crippen LogP contribution >= 0.6 is 136 Å². The van der Waals surface area contributed by atoms with Crippen molar-refractivity contribution < 1.29 is 81.8 Å². The number of phenols is 1. The van der Waals surface area contributed by atoms with Crippen molar-refractivity contribution in [2.75, 3.05) is 69.4 Å². The maximum Gasteiger partial charge on any atom is 0.336 e. The van der Waals surface area contributed by atoms with Gasteiger partial charge in [-0.15, -0.1) is 8.58 Å². The van der Waals surface area contributed by atoms with Gasteiger partial charge in [0, 0.05) is 152 Å². The molecule has 0 fully saturated rings. The lowest BCUT2D eigenvalue weighted by atomic mass is 10.1. The third-order valence-electron chi connectivity index (χ3n) is 16.9. The molecule has 0 aliphatic heterocycles. The van der Waals surface area contributed by atoms with E-state index < -0.39 is 33.8 Å². The van der Waals surface area contributed by atoms with Gasteiger partial charge in [0.05, 0.1) is 71.6 Å². The maximum atomic E-state index is 11.5. The summed E-state index contributed by atoms with van der Waals surface area (Å²) in [5.41, 5.74) is 2.71. The minimum absolute atomic E-state index is 0.127. The average Bonchev–Trinajstić information content (AvgIpc) is 1.48. The molecule has 12 aromatic heterocycles. The Labute approximate surface area is 735 Å². The number of aliphatic imine (C=N–C) groups is 1. The Hall–Kier alpha value is -9.44. The molecule has 0 spiro atoms.